The van der Waals surface area contributed by atoms with Crippen LogP contribution in [0.1, 0.15) is 36.7 Å². The summed E-state index contributed by atoms with van der Waals surface area (Å²) in [6.45, 7) is 8.36. The summed E-state index contributed by atoms with van der Waals surface area (Å²) >= 11 is 0. The summed E-state index contributed by atoms with van der Waals surface area (Å²) in [4.78, 5) is 9.01. The molecule has 7 nitrogen and oxygen atoms in total. The van der Waals surface area contributed by atoms with Crippen LogP contribution < -0.4 is 10.6 Å². The second-order valence-corrected chi connectivity index (χ2v) is 6.47. The number of rotatable bonds is 7. The number of aromatic nitrogens is 3. The Hall–Kier alpha value is -2.36. The molecule has 0 saturated heterocycles. The summed E-state index contributed by atoms with van der Waals surface area (Å²) in [7, 11) is 0. The van der Waals surface area contributed by atoms with E-state index in [1.807, 2.05) is 19.1 Å². The lowest BCUT2D eigenvalue weighted by molar-refractivity contribution is 0.577. The van der Waals surface area contributed by atoms with E-state index in [1.165, 1.54) is 11.1 Å². The molecule has 0 aliphatic carbocycles. The summed E-state index contributed by atoms with van der Waals surface area (Å²) in [5.74, 6) is 3.00. The van der Waals surface area contributed by atoms with Gasteiger partial charge in [0.1, 0.15) is 12.4 Å². The molecule has 2 heterocycles. The summed E-state index contributed by atoms with van der Waals surface area (Å²) in [6, 6.07) is 12.2. The minimum absolute atomic E-state index is 0. The van der Waals surface area contributed by atoms with E-state index in [2.05, 4.69) is 68.9 Å². The maximum absolute atomic E-state index is 5.31. The Morgan fingerprint density at radius 2 is 2.11 bits per heavy atom. The highest BCUT2D eigenvalue weighted by Gasteiger charge is 2.09. The third kappa shape index (κ3) is 6.08. The molecule has 0 spiro atoms. The molecule has 0 radical (unpaired) electrons. The fourth-order valence-electron chi connectivity index (χ4n) is 2.72. The van der Waals surface area contributed by atoms with Gasteiger partial charge in [-0.2, -0.15) is 0 Å². The van der Waals surface area contributed by atoms with Gasteiger partial charge in [0.05, 0.1) is 6.26 Å². The largest absolute Gasteiger partial charge is 0.461 e. The quantitative estimate of drug-likeness (QED) is 0.264. The Morgan fingerprint density at radius 3 is 2.82 bits per heavy atom. The molecule has 3 N–H and O–H groups in total. The van der Waals surface area contributed by atoms with Gasteiger partial charge >= 0.3 is 0 Å². The molecule has 3 rings (SSSR count). The van der Waals surface area contributed by atoms with Crippen molar-refractivity contribution in [3.8, 4) is 11.6 Å². The van der Waals surface area contributed by atoms with Crippen LogP contribution in [0.3, 0.4) is 0 Å². The maximum Gasteiger partial charge on any atom is 0.216 e. The Morgan fingerprint density at radius 1 is 1.25 bits per heavy atom. The van der Waals surface area contributed by atoms with E-state index >= 15 is 0 Å². The summed E-state index contributed by atoms with van der Waals surface area (Å²) in [5, 5.41) is 13.7. The molecule has 1 atom stereocenters. The first kappa shape index (κ1) is 21.9. The van der Waals surface area contributed by atoms with Crippen LogP contribution in [-0.2, 0) is 6.54 Å². The number of hydrogen-bond acceptors (Lipinski definition) is 4. The second-order valence-electron chi connectivity index (χ2n) is 6.47. The van der Waals surface area contributed by atoms with Crippen molar-refractivity contribution in [3.63, 3.8) is 0 Å². The SMILES string of the molecule is CCNC(=NCc1nc(-c2ccco2)n[nH]1)NCC(C)c1cccc(C)c1.I. The van der Waals surface area contributed by atoms with Gasteiger partial charge in [-0.15, -0.1) is 29.1 Å². The van der Waals surface area contributed by atoms with Crippen molar-refractivity contribution in [3.05, 3.63) is 59.6 Å². The van der Waals surface area contributed by atoms with Gasteiger partial charge in [0.15, 0.2) is 11.7 Å². The van der Waals surface area contributed by atoms with Gasteiger partial charge in [-0.3, -0.25) is 5.10 Å². The van der Waals surface area contributed by atoms with E-state index in [0.29, 0.717) is 29.9 Å². The number of aliphatic imine (C=N–C) groups is 1. The smallest absolute Gasteiger partial charge is 0.216 e. The molecule has 1 unspecified atom stereocenters. The highest BCUT2D eigenvalue weighted by atomic mass is 127. The molecule has 0 bridgehead atoms. The highest BCUT2D eigenvalue weighted by molar-refractivity contribution is 14.0. The monoisotopic (exact) mass is 494 g/mol. The fraction of sp³-hybridized carbons (Fsp3) is 0.350. The Labute approximate surface area is 182 Å². The van der Waals surface area contributed by atoms with Crippen LogP contribution >= 0.6 is 24.0 Å². The zero-order chi connectivity index (χ0) is 19.1. The maximum atomic E-state index is 5.31. The third-order valence-corrected chi connectivity index (χ3v) is 4.19. The van der Waals surface area contributed by atoms with Crippen molar-refractivity contribution in [1.82, 2.24) is 25.8 Å². The van der Waals surface area contributed by atoms with Gasteiger partial charge in [-0.1, -0.05) is 36.8 Å². The summed E-state index contributed by atoms with van der Waals surface area (Å²) in [6.07, 6.45) is 1.60. The predicted molar refractivity (Wildman–Crippen MR) is 122 cm³/mol. The number of guanidine groups is 1. The zero-order valence-corrected chi connectivity index (χ0v) is 18.7. The first-order chi connectivity index (χ1) is 13.2. The van der Waals surface area contributed by atoms with E-state index in [1.54, 1.807) is 6.26 Å². The molecule has 1 aromatic carbocycles. The molecule has 150 valence electrons. The molecule has 28 heavy (non-hydrogen) atoms. The number of nitrogens with one attached hydrogen (secondary N) is 3. The first-order valence-corrected chi connectivity index (χ1v) is 9.19. The van der Waals surface area contributed by atoms with E-state index in [0.717, 1.165) is 19.0 Å². The van der Waals surface area contributed by atoms with Crippen molar-refractivity contribution in [2.45, 2.75) is 33.2 Å². The van der Waals surface area contributed by atoms with Gasteiger partial charge in [0.25, 0.3) is 0 Å². The Balaban J connectivity index is 0.00000280. The van der Waals surface area contributed by atoms with Gasteiger partial charge in [-0.25, -0.2) is 9.98 Å². The first-order valence-electron chi connectivity index (χ1n) is 9.19. The molecule has 0 fully saturated rings. The number of aromatic amines is 1. The zero-order valence-electron chi connectivity index (χ0n) is 16.4. The van der Waals surface area contributed by atoms with Crippen LogP contribution in [0.25, 0.3) is 11.6 Å². The molecule has 0 aliphatic heterocycles. The number of aryl methyl sites for hydroxylation is 1. The normalized spacial score (nSPS) is 12.3. The third-order valence-electron chi connectivity index (χ3n) is 4.19. The lowest BCUT2D eigenvalue weighted by atomic mass is 9.99. The molecule has 3 aromatic rings. The number of benzene rings is 1. The van der Waals surface area contributed by atoms with E-state index in [9.17, 15) is 0 Å². The van der Waals surface area contributed by atoms with Crippen LogP contribution in [0.2, 0.25) is 0 Å². The number of halogens is 1. The van der Waals surface area contributed by atoms with Gasteiger partial charge in [0.2, 0.25) is 5.82 Å². The number of H-pyrrole nitrogens is 1. The summed E-state index contributed by atoms with van der Waals surface area (Å²) in [5.41, 5.74) is 2.59. The standard InChI is InChI=1S/C20H26N6O.HI/c1-4-21-20(22-12-15(3)16-8-5-7-14(2)11-16)23-13-18-24-19(26-25-18)17-9-6-10-27-17;/h5-11,15H,4,12-13H2,1-3H3,(H2,21,22,23)(H,24,25,26);1H. The number of furan rings is 1. The van der Waals surface area contributed by atoms with Crippen LogP contribution in [0.4, 0.5) is 0 Å². The molecular formula is C20H27IN6O. The molecule has 0 amide bonds. The second kappa shape index (κ2) is 10.8. The molecule has 0 aliphatic rings. The lowest BCUT2D eigenvalue weighted by Gasteiger charge is -2.16. The van der Waals surface area contributed by atoms with Gasteiger partial charge in [-0.05, 0) is 37.5 Å². The molecule has 8 heteroatoms. The Kier molecular flexibility index (Phi) is 8.49. The molecular weight excluding hydrogens is 467 g/mol. The van der Waals surface area contributed by atoms with Gasteiger partial charge < -0.3 is 15.1 Å². The van der Waals surface area contributed by atoms with Gasteiger partial charge in [0, 0.05) is 13.1 Å². The van der Waals surface area contributed by atoms with Crippen LogP contribution in [-0.4, -0.2) is 34.2 Å². The predicted octanol–water partition coefficient (Wildman–Crippen LogP) is 3.85. The van der Waals surface area contributed by atoms with Crippen molar-refractivity contribution < 1.29 is 4.42 Å². The van der Waals surface area contributed by atoms with Crippen LogP contribution in [0.15, 0.2) is 52.1 Å². The number of nitrogens with zero attached hydrogens (tertiary/aromatic N) is 3. The summed E-state index contributed by atoms with van der Waals surface area (Å²) < 4.78 is 5.31. The van der Waals surface area contributed by atoms with E-state index in [-0.39, 0.29) is 24.0 Å². The van der Waals surface area contributed by atoms with Crippen molar-refractivity contribution in [1.29, 1.82) is 0 Å². The van der Waals surface area contributed by atoms with Crippen LogP contribution in [0.5, 0.6) is 0 Å². The highest BCUT2D eigenvalue weighted by Crippen LogP contribution is 2.16. The average molecular weight is 494 g/mol. The topological polar surface area (TPSA) is 91.1 Å². The van der Waals surface area contributed by atoms with E-state index < -0.39 is 0 Å². The minimum Gasteiger partial charge on any atom is -0.461 e. The Bertz CT molecular complexity index is 874. The fourth-order valence-corrected chi connectivity index (χ4v) is 2.72. The minimum atomic E-state index is 0. The van der Waals surface area contributed by atoms with Crippen molar-refractivity contribution in [2.75, 3.05) is 13.1 Å². The van der Waals surface area contributed by atoms with Crippen molar-refractivity contribution >= 4 is 29.9 Å². The van der Waals surface area contributed by atoms with Crippen LogP contribution in [0, 0.1) is 6.92 Å². The number of hydrogen-bond donors (Lipinski definition) is 3. The van der Waals surface area contributed by atoms with Crippen molar-refractivity contribution in [2.24, 2.45) is 4.99 Å². The molecule has 0 saturated carbocycles. The molecule has 2 aromatic heterocycles. The average Bonchev–Trinajstić information content (AvgIpc) is 3.35. The van der Waals surface area contributed by atoms with E-state index in [4.69, 9.17) is 4.42 Å². The lowest BCUT2D eigenvalue weighted by Crippen LogP contribution is -2.39.